The summed E-state index contributed by atoms with van der Waals surface area (Å²) >= 11 is 0. The first-order valence-corrected chi connectivity index (χ1v) is 7.61. The average molecular weight is 288 g/mol. The molecule has 0 aromatic heterocycles. The maximum Gasteiger partial charge on any atom is 0.122 e. The number of ether oxygens (including phenoxy) is 1. The third kappa shape index (κ3) is 7.01. The average Bonchev–Trinajstić information content (AvgIpc) is 2.40. The van der Waals surface area contributed by atoms with Gasteiger partial charge in [0.15, 0.2) is 0 Å². The highest BCUT2D eigenvalue weighted by Gasteiger charge is 2.27. The summed E-state index contributed by atoms with van der Waals surface area (Å²) in [6, 6.07) is 8.03. The second-order valence-electron chi connectivity index (χ2n) is 7.27. The number of nitrogens with two attached hydrogens (primary N) is 1. The number of hydrogen-bond donors (Lipinski definition) is 2. The Morgan fingerprint density at radius 3 is 2.24 bits per heavy atom. The van der Waals surface area contributed by atoms with Gasteiger partial charge in [0.05, 0.1) is 0 Å². The summed E-state index contributed by atoms with van der Waals surface area (Å²) in [4.78, 5) is 0. The molecule has 0 saturated carbocycles. The number of nitrogens with one attached hydrogen (secondary N) is 1. The molecule has 1 aromatic carbocycles. The Morgan fingerprint density at radius 1 is 1.10 bits per heavy atom. The molecule has 3 nitrogen and oxygen atoms in total. The summed E-state index contributed by atoms with van der Waals surface area (Å²) < 4.78 is 5.23. The van der Waals surface area contributed by atoms with Crippen LogP contribution in [0.5, 0.6) is 5.75 Å². The lowest BCUT2D eigenvalue weighted by Crippen LogP contribution is -2.36. The summed E-state index contributed by atoms with van der Waals surface area (Å²) in [6.07, 6.45) is 1.10. The van der Waals surface area contributed by atoms with Crippen LogP contribution in [-0.2, 0) is 6.54 Å². The Balaban J connectivity index is 2.41. The van der Waals surface area contributed by atoms with E-state index in [1.54, 1.807) is 0 Å². The molecule has 0 atom stereocenters. The van der Waals surface area contributed by atoms with Crippen LogP contribution >= 0.6 is 0 Å². The molecule has 3 N–H and O–H groups in total. The Kier molecular flexibility index (Phi) is 6.75. The maximum atomic E-state index is 5.83. The third-order valence-electron chi connectivity index (χ3n) is 3.62. The Bertz CT molecular complexity index is 415. The summed E-state index contributed by atoms with van der Waals surface area (Å²) in [5.74, 6) is 0.811. The minimum absolute atomic E-state index is 0.187. The molecule has 0 fully saturated rings. The Morgan fingerprint density at radius 2 is 1.71 bits per heavy atom. The van der Waals surface area contributed by atoms with Crippen molar-refractivity contribution >= 4 is 7.85 Å². The van der Waals surface area contributed by atoms with E-state index >= 15 is 0 Å². The maximum absolute atomic E-state index is 5.83. The van der Waals surface area contributed by atoms with Crippen LogP contribution in [0.2, 0.25) is 0 Å². The summed E-state index contributed by atoms with van der Waals surface area (Å²) in [5, 5.41) is 3.53. The van der Waals surface area contributed by atoms with E-state index in [1.165, 1.54) is 5.56 Å². The molecular weight excluding hydrogens is 259 g/mol. The van der Waals surface area contributed by atoms with Crippen LogP contribution in [-0.4, -0.2) is 27.4 Å². The van der Waals surface area contributed by atoms with Gasteiger partial charge in [-0.1, -0.05) is 39.8 Å². The second kappa shape index (κ2) is 7.86. The van der Waals surface area contributed by atoms with E-state index in [4.69, 9.17) is 18.3 Å². The van der Waals surface area contributed by atoms with Crippen LogP contribution in [0.3, 0.4) is 0 Å². The van der Waals surface area contributed by atoms with Crippen molar-refractivity contribution < 1.29 is 4.74 Å². The molecule has 21 heavy (non-hydrogen) atoms. The number of rotatable bonds is 9. The first kappa shape index (κ1) is 18.1. The molecular formula is C17H29BN2O. The molecule has 2 radical (unpaired) electrons. The van der Waals surface area contributed by atoms with Gasteiger partial charge in [-0.3, -0.25) is 0 Å². The monoisotopic (exact) mass is 288 g/mol. The largest absolute Gasteiger partial charge is 0.504 e. The van der Waals surface area contributed by atoms with Crippen LogP contribution in [0.25, 0.3) is 0 Å². The van der Waals surface area contributed by atoms with Crippen molar-refractivity contribution in [1.29, 1.82) is 0 Å². The van der Waals surface area contributed by atoms with Gasteiger partial charge >= 0.3 is 0 Å². The van der Waals surface area contributed by atoms with Crippen molar-refractivity contribution in [2.24, 2.45) is 16.6 Å². The predicted molar refractivity (Wildman–Crippen MR) is 90.6 cm³/mol. The molecule has 0 spiro atoms. The number of benzene rings is 1. The fourth-order valence-electron chi connectivity index (χ4n) is 2.78. The van der Waals surface area contributed by atoms with Gasteiger partial charge in [0.1, 0.15) is 13.6 Å². The van der Waals surface area contributed by atoms with E-state index in [0.29, 0.717) is 0 Å². The molecule has 0 aliphatic carbocycles. The van der Waals surface area contributed by atoms with Crippen molar-refractivity contribution in [2.75, 3.05) is 19.6 Å². The summed E-state index contributed by atoms with van der Waals surface area (Å²) in [7, 11) is 5.35. The topological polar surface area (TPSA) is 47.3 Å². The van der Waals surface area contributed by atoms with Crippen molar-refractivity contribution in [3.8, 4) is 5.75 Å². The van der Waals surface area contributed by atoms with Crippen LogP contribution in [0, 0.1) is 10.8 Å². The van der Waals surface area contributed by atoms with Gasteiger partial charge in [0.25, 0.3) is 0 Å². The predicted octanol–water partition coefficient (Wildman–Crippen LogP) is 2.68. The Labute approximate surface area is 131 Å². The van der Waals surface area contributed by atoms with E-state index in [2.05, 4.69) is 45.1 Å². The van der Waals surface area contributed by atoms with E-state index in [-0.39, 0.29) is 17.3 Å². The van der Waals surface area contributed by atoms with Gasteiger partial charge in [-0.2, -0.15) is 0 Å². The van der Waals surface area contributed by atoms with Crippen molar-refractivity contribution in [2.45, 2.75) is 40.7 Å². The highest BCUT2D eigenvalue weighted by Crippen LogP contribution is 2.32. The van der Waals surface area contributed by atoms with Gasteiger partial charge < -0.3 is 15.8 Å². The van der Waals surface area contributed by atoms with E-state index in [0.717, 1.165) is 31.8 Å². The van der Waals surface area contributed by atoms with Gasteiger partial charge in [-0.25, -0.2) is 0 Å². The van der Waals surface area contributed by atoms with Crippen LogP contribution in [0.15, 0.2) is 24.3 Å². The van der Waals surface area contributed by atoms with Crippen LogP contribution < -0.4 is 15.8 Å². The van der Waals surface area contributed by atoms with E-state index < -0.39 is 0 Å². The van der Waals surface area contributed by atoms with Crippen molar-refractivity contribution in [1.82, 2.24) is 5.32 Å². The Hall–Kier alpha value is -0.995. The van der Waals surface area contributed by atoms with Crippen LogP contribution in [0.1, 0.15) is 39.7 Å². The third-order valence-corrected chi connectivity index (χ3v) is 3.62. The first-order valence-electron chi connectivity index (χ1n) is 7.61. The smallest absolute Gasteiger partial charge is 0.122 e. The van der Waals surface area contributed by atoms with Gasteiger partial charge in [-0.05, 0) is 41.5 Å². The molecule has 0 unspecified atom stereocenters. The summed E-state index contributed by atoms with van der Waals surface area (Å²) in [6.45, 7) is 11.8. The molecule has 116 valence electrons. The van der Waals surface area contributed by atoms with Gasteiger partial charge in [0, 0.05) is 19.6 Å². The molecule has 1 rings (SSSR count). The van der Waals surface area contributed by atoms with E-state index in [9.17, 15) is 0 Å². The quantitative estimate of drug-likeness (QED) is 0.687. The zero-order valence-electron chi connectivity index (χ0n) is 13.9. The van der Waals surface area contributed by atoms with Crippen molar-refractivity contribution in [3.05, 3.63) is 29.8 Å². The molecule has 0 saturated heterocycles. The zero-order chi connectivity index (χ0) is 15.9. The number of hydrogen-bond acceptors (Lipinski definition) is 3. The summed E-state index contributed by atoms with van der Waals surface area (Å²) in [5.41, 5.74) is 7.49. The molecule has 0 bridgehead atoms. The minimum atomic E-state index is 0.187. The molecule has 0 amide bonds. The first-order chi connectivity index (χ1) is 9.78. The molecule has 0 aliphatic heterocycles. The van der Waals surface area contributed by atoms with Crippen LogP contribution in [0.4, 0.5) is 0 Å². The lowest BCUT2D eigenvalue weighted by atomic mass is 9.75. The molecule has 4 heteroatoms. The molecule has 0 aliphatic rings. The van der Waals surface area contributed by atoms with Gasteiger partial charge in [-0.15, -0.1) is 0 Å². The zero-order valence-corrected chi connectivity index (χ0v) is 13.9. The lowest BCUT2D eigenvalue weighted by Gasteiger charge is -2.34. The fourth-order valence-corrected chi connectivity index (χ4v) is 2.78. The second-order valence-corrected chi connectivity index (χ2v) is 7.27. The molecule has 1 aromatic rings. The molecule has 0 heterocycles. The highest BCUT2D eigenvalue weighted by atomic mass is 16.5. The van der Waals surface area contributed by atoms with Crippen molar-refractivity contribution in [3.63, 3.8) is 0 Å². The standard InChI is InChI=1S/C17H29BN2O/c1-16(2,11-19)10-17(3,4)12-20-9-14-5-7-15(8-6-14)21-13-18/h5-8,20H,9-13,19H2,1-4H3. The van der Waals surface area contributed by atoms with Gasteiger partial charge in [0.2, 0.25) is 0 Å². The minimum Gasteiger partial charge on any atom is -0.504 e. The fraction of sp³-hybridized carbons (Fsp3) is 0.647. The normalized spacial score (nSPS) is 12.4. The SMILES string of the molecule is [B]COc1ccc(CNCC(C)(C)CC(C)(C)CN)cc1. The van der Waals surface area contributed by atoms with E-state index in [1.807, 2.05) is 12.1 Å². The highest BCUT2D eigenvalue weighted by molar-refractivity contribution is 6.08. The lowest BCUT2D eigenvalue weighted by molar-refractivity contribution is 0.195.